The van der Waals surface area contributed by atoms with Crippen molar-refractivity contribution in [1.29, 1.82) is 0 Å². The van der Waals surface area contributed by atoms with Crippen LogP contribution < -0.4 is 10.6 Å². The molecule has 6 nitrogen and oxygen atoms in total. The molecule has 2 heterocycles. The first-order valence-corrected chi connectivity index (χ1v) is 5.35. The third-order valence-electron chi connectivity index (χ3n) is 3.31. The van der Waals surface area contributed by atoms with Crippen LogP contribution >= 0.6 is 0 Å². The highest BCUT2D eigenvalue weighted by Gasteiger charge is 2.57. The van der Waals surface area contributed by atoms with Crippen molar-refractivity contribution in [2.24, 2.45) is 0 Å². The second kappa shape index (κ2) is 3.25. The normalized spacial score (nSPS) is 26.0. The van der Waals surface area contributed by atoms with E-state index in [2.05, 4.69) is 10.6 Å². The summed E-state index contributed by atoms with van der Waals surface area (Å²) in [5.41, 5.74) is -1.05. The molecule has 4 amide bonds. The van der Waals surface area contributed by atoms with Crippen LogP contribution in [0.4, 0.5) is 0 Å². The number of rotatable bonds is 0. The van der Waals surface area contributed by atoms with Crippen LogP contribution in [0.15, 0.2) is 24.3 Å². The van der Waals surface area contributed by atoms with Crippen LogP contribution in [0.3, 0.4) is 0 Å². The molecule has 1 aromatic carbocycles. The Balaban J connectivity index is 2.30. The van der Waals surface area contributed by atoms with Crippen LogP contribution in [0.5, 0.6) is 0 Å². The summed E-state index contributed by atoms with van der Waals surface area (Å²) in [5.74, 6) is -2.48. The number of hydrogen-bond donors (Lipinski definition) is 2. The van der Waals surface area contributed by atoms with Gasteiger partial charge in [0.15, 0.2) is 5.41 Å². The lowest BCUT2D eigenvalue weighted by atomic mass is 9.73. The first-order chi connectivity index (χ1) is 8.55. The van der Waals surface area contributed by atoms with Crippen LogP contribution in [-0.4, -0.2) is 23.6 Å². The number of carbonyl (C=O) groups is 4. The largest absolute Gasteiger partial charge is 0.295 e. The minimum atomic E-state index is -1.60. The predicted octanol–water partition coefficient (Wildman–Crippen LogP) is -0.759. The van der Waals surface area contributed by atoms with Gasteiger partial charge in [-0.25, -0.2) is 0 Å². The molecular weight excluding hydrogens is 236 g/mol. The summed E-state index contributed by atoms with van der Waals surface area (Å²) in [6, 6.07) is 6.32. The van der Waals surface area contributed by atoms with Crippen molar-refractivity contribution in [3.8, 4) is 0 Å². The van der Waals surface area contributed by atoms with Gasteiger partial charge < -0.3 is 0 Å². The topological polar surface area (TPSA) is 92.3 Å². The van der Waals surface area contributed by atoms with E-state index in [9.17, 15) is 19.2 Å². The quantitative estimate of drug-likeness (QED) is 0.463. The van der Waals surface area contributed by atoms with E-state index in [4.69, 9.17) is 0 Å². The van der Waals surface area contributed by atoms with Crippen molar-refractivity contribution in [3.05, 3.63) is 35.4 Å². The Morgan fingerprint density at radius 2 is 1.61 bits per heavy atom. The molecule has 90 valence electrons. The number of imide groups is 2. The molecule has 2 aliphatic heterocycles. The van der Waals surface area contributed by atoms with Gasteiger partial charge in [0.25, 0.3) is 5.91 Å². The Labute approximate surface area is 101 Å². The average Bonchev–Trinajstić information content (AvgIpc) is 2.63. The van der Waals surface area contributed by atoms with E-state index in [1.54, 1.807) is 12.1 Å². The van der Waals surface area contributed by atoms with Gasteiger partial charge in [-0.05, 0) is 11.6 Å². The molecule has 1 unspecified atom stereocenters. The number of nitrogens with one attached hydrogen (secondary N) is 2. The minimum absolute atomic E-state index is 0.252. The van der Waals surface area contributed by atoms with Gasteiger partial charge in [0.2, 0.25) is 17.7 Å². The number of fused-ring (bicyclic) bond motifs is 2. The summed E-state index contributed by atoms with van der Waals surface area (Å²) in [6.45, 7) is 0. The van der Waals surface area contributed by atoms with Crippen molar-refractivity contribution in [3.63, 3.8) is 0 Å². The first kappa shape index (κ1) is 10.6. The van der Waals surface area contributed by atoms with Crippen LogP contribution in [0.2, 0.25) is 0 Å². The summed E-state index contributed by atoms with van der Waals surface area (Å²) in [5, 5.41) is 4.24. The Morgan fingerprint density at radius 3 is 2.28 bits per heavy atom. The Hall–Kier alpha value is -2.50. The monoisotopic (exact) mass is 244 g/mol. The standard InChI is InChI=1S/C12H8N2O4/c15-8-5-12(10(17)13-8)7-4-2-1-3-6(7)9(16)14-11(12)18/h1-4H,5H2,(H,13,15,17)(H,14,16,18). The highest BCUT2D eigenvalue weighted by molar-refractivity contribution is 6.28. The van der Waals surface area contributed by atoms with E-state index in [1.165, 1.54) is 12.1 Å². The van der Waals surface area contributed by atoms with Crippen LogP contribution in [0.1, 0.15) is 22.3 Å². The second-order valence-corrected chi connectivity index (χ2v) is 4.29. The molecule has 6 heteroatoms. The highest BCUT2D eigenvalue weighted by atomic mass is 16.2. The molecule has 0 aromatic heterocycles. The first-order valence-electron chi connectivity index (χ1n) is 5.35. The lowest BCUT2D eigenvalue weighted by Gasteiger charge is -2.30. The fourth-order valence-corrected chi connectivity index (χ4v) is 2.45. The summed E-state index contributed by atoms with van der Waals surface area (Å²) < 4.78 is 0. The van der Waals surface area contributed by atoms with Crippen molar-refractivity contribution in [2.45, 2.75) is 11.8 Å². The third kappa shape index (κ3) is 1.11. The molecule has 0 saturated carbocycles. The molecule has 3 rings (SSSR count). The third-order valence-corrected chi connectivity index (χ3v) is 3.31. The molecule has 1 spiro atoms. The molecule has 1 saturated heterocycles. The van der Waals surface area contributed by atoms with Crippen molar-refractivity contribution < 1.29 is 19.2 Å². The van der Waals surface area contributed by atoms with Gasteiger partial charge in [0.05, 0.1) is 6.42 Å². The van der Waals surface area contributed by atoms with Crippen LogP contribution in [0, 0.1) is 0 Å². The van der Waals surface area contributed by atoms with Gasteiger partial charge in [-0.3, -0.25) is 29.8 Å². The number of benzene rings is 1. The molecule has 0 aliphatic carbocycles. The predicted molar refractivity (Wildman–Crippen MR) is 58.4 cm³/mol. The van der Waals surface area contributed by atoms with Crippen molar-refractivity contribution >= 4 is 23.6 Å². The van der Waals surface area contributed by atoms with Gasteiger partial charge in [-0.1, -0.05) is 18.2 Å². The van der Waals surface area contributed by atoms with E-state index in [0.29, 0.717) is 5.56 Å². The van der Waals surface area contributed by atoms with Gasteiger partial charge in [0.1, 0.15) is 0 Å². The van der Waals surface area contributed by atoms with E-state index in [0.717, 1.165) is 0 Å². The Morgan fingerprint density at radius 1 is 0.944 bits per heavy atom. The SMILES string of the molecule is O=C1CC2(C(=O)N1)C(=O)NC(=O)c1ccccc12. The molecule has 1 fully saturated rings. The zero-order chi connectivity index (χ0) is 12.9. The Bertz CT molecular complexity index is 622. The molecule has 2 aliphatic rings. The molecule has 0 radical (unpaired) electrons. The average molecular weight is 244 g/mol. The molecule has 18 heavy (non-hydrogen) atoms. The lowest BCUT2D eigenvalue weighted by molar-refractivity contribution is -0.135. The van der Waals surface area contributed by atoms with Gasteiger partial charge in [-0.2, -0.15) is 0 Å². The fraction of sp³-hybridized carbons (Fsp3) is 0.167. The molecular formula is C12H8N2O4. The second-order valence-electron chi connectivity index (χ2n) is 4.29. The van der Waals surface area contributed by atoms with E-state index < -0.39 is 29.0 Å². The lowest BCUT2D eigenvalue weighted by Crippen LogP contribution is -2.55. The summed E-state index contributed by atoms with van der Waals surface area (Å²) in [6.07, 6.45) is -0.262. The molecule has 0 bridgehead atoms. The maximum atomic E-state index is 12.0. The minimum Gasteiger partial charge on any atom is -0.295 e. The summed E-state index contributed by atoms with van der Waals surface area (Å²) >= 11 is 0. The molecule has 1 atom stereocenters. The number of carbonyl (C=O) groups excluding carboxylic acids is 4. The zero-order valence-corrected chi connectivity index (χ0v) is 9.15. The summed E-state index contributed by atoms with van der Waals surface area (Å²) in [7, 11) is 0. The maximum absolute atomic E-state index is 12.0. The van der Waals surface area contributed by atoms with E-state index in [1.807, 2.05) is 0 Å². The van der Waals surface area contributed by atoms with Gasteiger partial charge in [-0.15, -0.1) is 0 Å². The summed E-state index contributed by atoms with van der Waals surface area (Å²) in [4.78, 5) is 47.0. The number of hydrogen-bond acceptors (Lipinski definition) is 4. The van der Waals surface area contributed by atoms with E-state index in [-0.39, 0.29) is 12.0 Å². The van der Waals surface area contributed by atoms with E-state index >= 15 is 0 Å². The molecule has 1 aromatic rings. The maximum Gasteiger partial charge on any atom is 0.258 e. The van der Waals surface area contributed by atoms with Gasteiger partial charge >= 0.3 is 0 Å². The Kier molecular flexibility index (Phi) is 1.92. The van der Waals surface area contributed by atoms with Crippen molar-refractivity contribution in [1.82, 2.24) is 10.6 Å². The van der Waals surface area contributed by atoms with Crippen LogP contribution in [0.25, 0.3) is 0 Å². The van der Waals surface area contributed by atoms with Crippen LogP contribution in [-0.2, 0) is 19.8 Å². The number of amides is 4. The highest BCUT2D eigenvalue weighted by Crippen LogP contribution is 2.37. The van der Waals surface area contributed by atoms with Crippen molar-refractivity contribution in [2.75, 3.05) is 0 Å². The molecule has 2 N–H and O–H groups in total. The van der Waals surface area contributed by atoms with Gasteiger partial charge in [0, 0.05) is 5.56 Å². The smallest absolute Gasteiger partial charge is 0.258 e. The fourth-order valence-electron chi connectivity index (χ4n) is 2.45. The zero-order valence-electron chi connectivity index (χ0n) is 9.15.